The molecule has 3 heteroatoms. The average Bonchev–Trinajstić information content (AvgIpc) is 2.78. The van der Waals surface area contributed by atoms with Crippen LogP contribution in [0.5, 0.6) is 5.75 Å². The molecule has 1 aliphatic carbocycles. The maximum Gasteiger partial charge on any atom is 0.137 e. The molecule has 0 amide bonds. The van der Waals surface area contributed by atoms with Crippen LogP contribution in [-0.4, -0.2) is 12.4 Å². The molecular formula is C13H16BrClO. The van der Waals surface area contributed by atoms with E-state index in [-0.39, 0.29) is 5.41 Å². The zero-order chi connectivity index (χ0) is 11.6. The Hall–Kier alpha value is -0.210. The topological polar surface area (TPSA) is 9.23 Å². The van der Waals surface area contributed by atoms with Crippen molar-refractivity contribution in [3.63, 3.8) is 0 Å². The smallest absolute Gasteiger partial charge is 0.137 e. The third-order valence-corrected chi connectivity index (χ3v) is 4.95. The van der Waals surface area contributed by atoms with Crippen LogP contribution >= 0.6 is 27.5 Å². The van der Waals surface area contributed by atoms with Gasteiger partial charge in [-0.05, 0) is 30.5 Å². The molecule has 0 aromatic heterocycles. The molecular weight excluding hydrogens is 287 g/mol. The Bertz CT molecular complexity index is 372. The quantitative estimate of drug-likeness (QED) is 0.744. The van der Waals surface area contributed by atoms with E-state index >= 15 is 0 Å². The highest BCUT2D eigenvalue weighted by Crippen LogP contribution is 2.44. The fourth-order valence-corrected chi connectivity index (χ4v) is 3.69. The first kappa shape index (κ1) is 12.3. The molecule has 0 bridgehead atoms. The summed E-state index contributed by atoms with van der Waals surface area (Å²) in [6.07, 6.45) is 5.13. The molecule has 0 aliphatic heterocycles. The Balaban J connectivity index is 2.36. The summed E-state index contributed by atoms with van der Waals surface area (Å²) in [5, 5.41) is 1.73. The Morgan fingerprint density at radius 1 is 1.38 bits per heavy atom. The van der Waals surface area contributed by atoms with E-state index in [9.17, 15) is 0 Å². The van der Waals surface area contributed by atoms with Crippen molar-refractivity contribution in [2.24, 2.45) is 0 Å². The van der Waals surface area contributed by atoms with Gasteiger partial charge in [0.2, 0.25) is 0 Å². The SMILES string of the molecule is COc1ccc(C2(CBr)CCCC2)cc1Cl. The van der Waals surface area contributed by atoms with Crippen molar-refractivity contribution in [1.82, 2.24) is 0 Å². The summed E-state index contributed by atoms with van der Waals surface area (Å²) >= 11 is 9.84. The van der Waals surface area contributed by atoms with E-state index in [1.165, 1.54) is 31.2 Å². The Morgan fingerprint density at radius 2 is 2.06 bits per heavy atom. The lowest BCUT2D eigenvalue weighted by molar-refractivity contribution is 0.414. The van der Waals surface area contributed by atoms with Gasteiger partial charge in [-0.25, -0.2) is 0 Å². The van der Waals surface area contributed by atoms with Gasteiger partial charge in [-0.2, -0.15) is 0 Å². The highest BCUT2D eigenvalue weighted by Gasteiger charge is 2.34. The van der Waals surface area contributed by atoms with Gasteiger partial charge in [-0.15, -0.1) is 0 Å². The van der Waals surface area contributed by atoms with Crippen LogP contribution in [0.2, 0.25) is 5.02 Å². The van der Waals surface area contributed by atoms with Crippen LogP contribution in [0.15, 0.2) is 18.2 Å². The molecule has 1 saturated carbocycles. The molecule has 0 saturated heterocycles. The molecule has 0 heterocycles. The second-order valence-corrected chi connectivity index (χ2v) is 5.44. The summed E-state index contributed by atoms with van der Waals surface area (Å²) < 4.78 is 5.19. The van der Waals surface area contributed by atoms with Crippen molar-refractivity contribution in [2.75, 3.05) is 12.4 Å². The highest BCUT2D eigenvalue weighted by atomic mass is 79.9. The van der Waals surface area contributed by atoms with Crippen molar-refractivity contribution in [1.29, 1.82) is 0 Å². The molecule has 0 unspecified atom stereocenters. The van der Waals surface area contributed by atoms with E-state index in [4.69, 9.17) is 16.3 Å². The molecule has 1 aromatic rings. The van der Waals surface area contributed by atoms with E-state index in [0.717, 1.165) is 11.1 Å². The number of rotatable bonds is 3. The predicted molar refractivity (Wildman–Crippen MR) is 71.9 cm³/mol. The summed E-state index contributed by atoms with van der Waals surface area (Å²) in [5.41, 5.74) is 1.63. The molecule has 0 radical (unpaired) electrons. The van der Waals surface area contributed by atoms with Gasteiger partial charge >= 0.3 is 0 Å². The lowest BCUT2D eigenvalue weighted by Gasteiger charge is -2.27. The van der Waals surface area contributed by atoms with E-state index in [2.05, 4.69) is 28.1 Å². The third kappa shape index (κ3) is 2.10. The van der Waals surface area contributed by atoms with Crippen molar-refractivity contribution < 1.29 is 4.74 Å². The van der Waals surface area contributed by atoms with Crippen LogP contribution in [0.25, 0.3) is 0 Å². The molecule has 1 nitrogen and oxygen atoms in total. The van der Waals surface area contributed by atoms with Gasteiger partial charge in [0.1, 0.15) is 5.75 Å². The molecule has 1 aliphatic rings. The van der Waals surface area contributed by atoms with E-state index in [1.807, 2.05) is 6.07 Å². The van der Waals surface area contributed by atoms with Gasteiger partial charge in [0.05, 0.1) is 12.1 Å². The minimum Gasteiger partial charge on any atom is -0.495 e. The van der Waals surface area contributed by atoms with E-state index in [0.29, 0.717) is 5.02 Å². The first-order valence-corrected chi connectivity index (χ1v) is 7.12. The van der Waals surface area contributed by atoms with Crippen LogP contribution < -0.4 is 4.74 Å². The monoisotopic (exact) mass is 302 g/mol. The van der Waals surface area contributed by atoms with Crippen LogP contribution in [0.3, 0.4) is 0 Å². The van der Waals surface area contributed by atoms with Crippen molar-refractivity contribution >= 4 is 27.5 Å². The number of alkyl halides is 1. The fraction of sp³-hybridized carbons (Fsp3) is 0.538. The van der Waals surface area contributed by atoms with Gasteiger partial charge in [0.15, 0.2) is 0 Å². The highest BCUT2D eigenvalue weighted by molar-refractivity contribution is 9.09. The fourth-order valence-electron chi connectivity index (χ4n) is 2.55. The minimum absolute atomic E-state index is 0.288. The van der Waals surface area contributed by atoms with Gasteiger partial charge in [0, 0.05) is 10.7 Å². The van der Waals surface area contributed by atoms with E-state index in [1.54, 1.807) is 7.11 Å². The maximum absolute atomic E-state index is 6.19. The normalized spacial score (nSPS) is 18.7. The zero-order valence-electron chi connectivity index (χ0n) is 9.43. The van der Waals surface area contributed by atoms with Crippen molar-refractivity contribution in [3.05, 3.63) is 28.8 Å². The largest absolute Gasteiger partial charge is 0.495 e. The second-order valence-electron chi connectivity index (χ2n) is 4.47. The van der Waals surface area contributed by atoms with Crippen LogP contribution in [-0.2, 0) is 5.41 Å². The maximum atomic E-state index is 6.19. The summed E-state index contributed by atoms with van der Waals surface area (Å²) in [6.45, 7) is 0. The van der Waals surface area contributed by atoms with Gasteiger partial charge in [0.25, 0.3) is 0 Å². The first-order valence-electron chi connectivity index (χ1n) is 5.62. The number of hydrogen-bond acceptors (Lipinski definition) is 1. The van der Waals surface area contributed by atoms with Crippen LogP contribution in [0, 0.1) is 0 Å². The van der Waals surface area contributed by atoms with Crippen molar-refractivity contribution in [2.45, 2.75) is 31.1 Å². The van der Waals surface area contributed by atoms with E-state index < -0.39 is 0 Å². The number of methoxy groups -OCH3 is 1. The average molecular weight is 304 g/mol. The number of hydrogen-bond donors (Lipinski definition) is 0. The van der Waals surface area contributed by atoms with Crippen LogP contribution in [0.1, 0.15) is 31.2 Å². The molecule has 88 valence electrons. The summed E-state index contributed by atoms with van der Waals surface area (Å²) in [7, 11) is 1.65. The Kier molecular flexibility index (Phi) is 3.81. The Labute approximate surface area is 110 Å². The molecule has 0 spiro atoms. The second kappa shape index (κ2) is 4.97. The lowest BCUT2D eigenvalue weighted by atomic mass is 9.81. The lowest BCUT2D eigenvalue weighted by Crippen LogP contribution is -2.23. The molecule has 0 N–H and O–H groups in total. The Morgan fingerprint density at radius 3 is 2.56 bits per heavy atom. The zero-order valence-corrected chi connectivity index (χ0v) is 11.8. The predicted octanol–water partition coefficient (Wildman–Crippen LogP) is 4.56. The van der Waals surface area contributed by atoms with Crippen LogP contribution in [0.4, 0.5) is 0 Å². The van der Waals surface area contributed by atoms with Gasteiger partial charge < -0.3 is 4.74 Å². The summed E-state index contributed by atoms with van der Waals surface area (Å²) in [5.74, 6) is 0.758. The number of ether oxygens (including phenoxy) is 1. The first-order chi connectivity index (χ1) is 7.72. The van der Waals surface area contributed by atoms with Crippen molar-refractivity contribution in [3.8, 4) is 5.75 Å². The molecule has 0 atom stereocenters. The molecule has 1 aromatic carbocycles. The standard InChI is InChI=1S/C13H16BrClO/c1-16-12-5-4-10(8-11(12)15)13(9-14)6-2-3-7-13/h4-5,8H,2-3,6-7,9H2,1H3. The molecule has 2 rings (SSSR count). The molecule has 16 heavy (non-hydrogen) atoms. The third-order valence-electron chi connectivity index (χ3n) is 3.58. The summed E-state index contributed by atoms with van der Waals surface area (Å²) in [6, 6.07) is 6.19. The number of halogens is 2. The number of benzene rings is 1. The van der Waals surface area contributed by atoms with Gasteiger partial charge in [-0.1, -0.05) is 46.4 Å². The molecule has 1 fully saturated rings. The summed E-state index contributed by atoms with van der Waals surface area (Å²) in [4.78, 5) is 0. The van der Waals surface area contributed by atoms with Gasteiger partial charge in [-0.3, -0.25) is 0 Å². The minimum atomic E-state index is 0.288.